The van der Waals surface area contributed by atoms with E-state index in [1.54, 1.807) is 12.1 Å². The van der Waals surface area contributed by atoms with E-state index in [2.05, 4.69) is 32.5 Å². The van der Waals surface area contributed by atoms with Crippen LogP contribution in [0.1, 0.15) is 30.4 Å². The molecule has 0 aliphatic carbocycles. The minimum absolute atomic E-state index is 0.00830. The van der Waals surface area contributed by atoms with Crippen LogP contribution in [0.4, 0.5) is 4.39 Å². The summed E-state index contributed by atoms with van der Waals surface area (Å²) in [6, 6.07) is 12.8. The topological polar surface area (TPSA) is 61.0 Å². The molecule has 2 atom stereocenters. The second kappa shape index (κ2) is 8.97. The highest BCUT2D eigenvalue weighted by Gasteiger charge is 2.16. The third kappa shape index (κ3) is 5.16. The number of aromatic amines is 1. The molecule has 0 aliphatic heterocycles. The van der Waals surface area contributed by atoms with Crippen LogP contribution >= 0.6 is 0 Å². The van der Waals surface area contributed by atoms with Gasteiger partial charge in [-0.3, -0.25) is 9.89 Å². The molecule has 0 bridgehead atoms. The number of nitrogens with one attached hydrogen (secondary N) is 2. The molecule has 5 nitrogen and oxygen atoms in total. The smallest absolute Gasteiger partial charge is 0.220 e. The van der Waals surface area contributed by atoms with Gasteiger partial charge in [0.1, 0.15) is 5.82 Å². The van der Waals surface area contributed by atoms with Crippen LogP contribution in [0.3, 0.4) is 0 Å². The highest BCUT2D eigenvalue weighted by molar-refractivity contribution is 5.78. The number of fused-ring (bicyclic) bond motifs is 1. The maximum absolute atomic E-state index is 13.1. The Hall–Kier alpha value is -2.73. The van der Waals surface area contributed by atoms with Crippen LogP contribution in [-0.4, -0.2) is 47.7 Å². The second-order valence-electron chi connectivity index (χ2n) is 7.57. The Balaban J connectivity index is 1.55. The first-order valence-electron chi connectivity index (χ1n) is 9.53. The molecule has 0 radical (unpaired) electrons. The number of rotatable bonds is 8. The van der Waals surface area contributed by atoms with Crippen LogP contribution in [-0.2, 0) is 11.2 Å². The Morgan fingerprint density at radius 2 is 1.96 bits per heavy atom. The molecule has 0 spiro atoms. The molecule has 28 heavy (non-hydrogen) atoms. The number of carbonyl (C=O) groups excluding carboxylic acids is 1. The molecule has 0 fully saturated rings. The molecule has 6 heteroatoms. The van der Waals surface area contributed by atoms with Crippen molar-refractivity contribution in [2.24, 2.45) is 0 Å². The third-order valence-corrected chi connectivity index (χ3v) is 5.17. The summed E-state index contributed by atoms with van der Waals surface area (Å²) < 4.78 is 13.1. The fourth-order valence-electron chi connectivity index (χ4n) is 3.32. The van der Waals surface area contributed by atoms with E-state index in [1.165, 1.54) is 17.7 Å². The van der Waals surface area contributed by atoms with Crippen molar-refractivity contribution in [2.75, 3.05) is 20.6 Å². The van der Waals surface area contributed by atoms with Gasteiger partial charge in [-0.2, -0.15) is 5.10 Å². The Labute approximate surface area is 164 Å². The summed E-state index contributed by atoms with van der Waals surface area (Å²) in [5.41, 5.74) is 3.20. The van der Waals surface area contributed by atoms with Gasteiger partial charge >= 0.3 is 0 Å². The quantitative estimate of drug-likeness (QED) is 0.627. The molecule has 2 aromatic carbocycles. The maximum Gasteiger partial charge on any atom is 0.220 e. The van der Waals surface area contributed by atoms with E-state index in [0.717, 1.165) is 22.9 Å². The highest BCUT2D eigenvalue weighted by Crippen LogP contribution is 2.19. The minimum Gasteiger partial charge on any atom is -0.355 e. The van der Waals surface area contributed by atoms with Crippen molar-refractivity contribution in [3.05, 3.63) is 65.6 Å². The van der Waals surface area contributed by atoms with Gasteiger partial charge in [-0.25, -0.2) is 4.39 Å². The van der Waals surface area contributed by atoms with Gasteiger partial charge in [0.15, 0.2) is 0 Å². The van der Waals surface area contributed by atoms with E-state index in [0.29, 0.717) is 13.0 Å². The third-order valence-electron chi connectivity index (χ3n) is 5.17. The normalized spacial score (nSPS) is 13.6. The number of hydrogen-bond donors (Lipinski definition) is 2. The number of benzene rings is 2. The van der Waals surface area contributed by atoms with Crippen molar-refractivity contribution < 1.29 is 9.18 Å². The van der Waals surface area contributed by atoms with E-state index >= 15 is 0 Å². The van der Waals surface area contributed by atoms with Crippen LogP contribution < -0.4 is 5.32 Å². The Morgan fingerprint density at radius 1 is 1.21 bits per heavy atom. The van der Waals surface area contributed by atoms with Gasteiger partial charge in [-0.15, -0.1) is 0 Å². The van der Waals surface area contributed by atoms with E-state index in [9.17, 15) is 9.18 Å². The number of H-pyrrole nitrogens is 1. The molecule has 3 aromatic rings. The minimum atomic E-state index is -0.261. The maximum atomic E-state index is 13.1. The fraction of sp³-hybridized carbons (Fsp3) is 0.364. The molecule has 1 aromatic heterocycles. The second-order valence-corrected chi connectivity index (χ2v) is 7.57. The molecular formula is C22H27FN4O. The molecule has 2 unspecified atom stereocenters. The molecule has 0 aliphatic rings. The highest BCUT2D eigenvalue weighted by atomic mass is 19.1. The first-order valence-corrected chi connectivity index (χ1v) is 9.53. The lowest BCUT2D eigenvalue weighted by atomic mass is 9.97. The lowest BCUT2D eigenvalue weighted by molar-refractivity contribution is -0.121. The lowest BCUT2D eigenvalue weighted by Gasteiger charge is -2.25. The van der Waals surface area contributed by atoms with Crippen molar-refractivity contribution >= 4 is 16.8 Å². The summed E-state index contributed by atoms with van der Waals surface area (Å²) in [5, 5.41) is 11.2. The van der Waals surface area contributed by atoms with Crippen LogP contribution in [0.25, 0.3) is 10.9 Å². The van der Waals surface area contributed by atoms with E-state index in [-0.39, 0.29) is 23.7 Å². The summed E-state index contributed by atoms with van der Waals surface area (Å²) in [6.07, 6.45) is 3.04. The number of likely N-dealkylation sites (N-methyl/N-ethyl adjacent to an activating group) is 1. The van der Waals surface area contributed by atoms with Crippen molar-refractivity contribution in [3.8, 4) is 0 Å². The largest absolute Gasteiger partial charge is 0.355 e. The van der Waals surface area contributed by atoms with Crippen molar-refractivity contribution in [2.45, 2.75) is 31.7 Å². The van der Waals surface area contributed by atoms with Gasteiger partial charge in [0.2, 0.25) is 5.91 Å². The van der Waals surface area contributed by atoms with Crippen molar-refractivity contribution in [1.29, 1.82) is 0 Å². The molecule has 1 heterocycles. The Morgan fingerprint density at radius 3 is 2.68 bits per heavy atom. The predicted molar refractivity (Wildman–Crippen MR) is 110 cm³/mol. The van der Waals surface area contributed by atoms with Gasteiger partial charge in [0, 0.05) is 24.4 Å². The zero-order valence-electron chi connectivity index (χ0n) is 16.6. The first-order chi connectivity index (χ1) is 13.4. The average molecular weight is 382 g/mol. The molecule has 2 N–H and O–H groups in total. The summed E-state index contributed by atoms with van der Waals surface area (Å²) in [4.78, 5) is 14.5. The van der Waals surface area contributed by atoms with Gasteiger partial charge in [-0.1, -0.05) is 25.1 Å². The fourth-order valence-corrected chi connectivity index (χ4v) is 3.32. The zero-order chi connectivity index (χ0) is 20.1. The molecular weight excluding hydrogens is 355 g/mol. The number of amides is 1. The molecule has 3 rings (SSSR count). The summed E-state index contributed by atoms with van der Waals surface area (Å²) in [6.45, 7) is 2.56. The van der Waals surface area contributed by atoms with Crippen LogP contribution in [0.2, 0.25) is 0 Å². The average Bonchev–Trinajstić information content (AvgIpc) is 3.13. The number of nitrogens with zero attached hydrogens (tertiary/aromatic N) is 2. The Bertz CT molecular complexity index is 920. The summed E-state index contributed by atoms with van der Waals surface area (Å²) in [7, 11) is 4.04. The van der Waals surface area contributed by atoms with Gasteiger partial charge in [-0.05, 0) is 61.8 Å². The Kier molecular flexibility index (Phi) is 6.41. The van der Waals surface area contributed by atoms with E-state index in [1.807, 2.05) is 33.3 Å². The van der Waals surface area contributed by atoms with Crippen LogP contribution in [0.5, 0.6) is 0 Å². The van der Waals surface area contributed by atoms with E-state index < -0.39 is 0 Å². The molecule has 148 valence electrons. The molecule has 0 saturated carbocycles. The van der Waals surface area contributed by atoms with Gasteiger partial charge in [0.25, 0.3) is 0 Å². The molecule has 1 amide bonds. The van der Waals surface area contributed by atoms with E-state index in [4.69, 9.17) is 0 Å². The van der Waals surface area contributed by atoms with Crippen molar-refractivity contribution in [3.63, 3.8) is 0 Å². The summed E-state index contributed by atoms with van der Waals surface area (Å²) in [5.74, 6) is -0.210. The molecule has 0 saturated heterocycles. The first kappa shape index (κ1) is 20.0. The standard InChI is InChI=1S/C22H27FN4O/c1-15(17-5-7-19(23)8-6-17)10-22(28)24-14-20(27(2)3)12-16-4-9-21-18(11-16)13-25-26-21/h4-9,11,13,15,20H,10,12,14H2,1-3H3,(H,24,28)(H,25,26). The number of hydrogen-bond acceptors (Lipinski definition) is 3. The zero-order valence-corrected chi connectivity index (χ0v) is 16.6. The van der Waals surface area contributed by atoms with Crippen LogP contribution in [0, 0.1) is 5.82 Å². The number of halogens is 1. The SMILES string of the molecule is CC(CC(=O)NCC(Cc1ccc2[nH]ncc2c1)N(C)C)c1ccc(F)cc1. The van der Waals surface area contributed by atoms with Crippen molar-refractivity contribution in [1.82, 2.24) is 20.4 Å². The summed E-state index contributed by atoms with van der Waals surface area (Å²) >= 11 is 0. The van der Waals surface area contributed by atoms with Crippen LogP contribution in [0.15, 0.2) is 48.7 Å². The monoisotopic (exact) mass is 382 g/mol. The predicted octanol–water partition coefficient (Wildman–Crippen LogP) is 3.48. The number of carbonyl (C=O) groups is 1. The van der Waals surface area contributed by atoms with Gasteiger partial charge in [0.05, 0.1) is 11.7 Å². The lowest BCUT2D eigenvalue weighted by Crippen LogP contribution is -2.41. The van der Waals surface area contributed by atoms with Gasteiger partial charge < -0.3 is 10.2 Å². The number of aromatic nitrogens is 2.